The summed E-state index contributed by atoms with van der Waals surface area (Å²) in [7, 11) is 0.603. The number of halogens is 2. The summed E-state index contributed by atoms with van der Waals surface area (Å²) in [4.78, 5) is 0. The van der Waals surface area contributed by atoms with E-state index in [-0.39, 0.29) is 50.7 Å². The second kappa shape index (κ2) is 14.5. The Balaban J connectivity index is 0. The van der Waals surface area contributed by atoms with E-state index < -0.39 is 7.59 Å². The van der Waals surface area contributed by atoms with Gasteiger partial charge in [-0.3, -0.25) is 0 Å². The van der Waals surface area contributed by atoms with Crippen molar-refractivity contribution in [1.29, 1.82) is 0 Å². The van der Waals surface area contributed by atoms with E-state index in [4.69, 9.17) is 0 Å². The van der Waals surface area contributed by atoms with Crippen molar-refractivity contribution < 1.29 is 50.7 Å². The van der Waals surface area contributed by atoms with E-state index in [2.05, 4.69) is 111 Å². The monoisotopic (exact) mass is 596 g/mol. The van der Waals surface area contributed by atoms with Crippen molar-refractivity contribution in [3.8, 4) is 0 Å². The molecule has 0 saturated carbocycles. The molecule has 4 rings (SSSR count). The van der Waals surface area contributed by atoms with E-state index in [0.29, 0.717) is 0 Å². The van der Waals surface area contributed by atoms with Crippen LogP contribution in [0.5, 0.6) is 0 Å². The Hall–Kier alpha value is -0.456. The molecule has 0 unspecified atom stereocenters. The molecular formula is C22H26Cl2HfSi2. The Kier molecular flexibility index (Phi) is 15.5. The van der Waals surface area contributed by atoms with Gasteiger partial charge in [0.15, 0.2) is 0 Å². The standard InChI is InChI=1S/2C9H7.C4H12Si2.2ClH.Hf/c2*1-2-5-9-7-3-6-8(9)4-1;1-5-6(2,3)4;;;/h2*1-7H;1-4H3;2*1H;/q2*-1;;;;+4/p-2. The second-order valence-electron chi connectivity index (χ2n) is 6.81. The van der Waals surface area contributed by atoms with Crippen LogP contribution >= 0.6 is 0 Å². The van der Waals surface area contributed by atoms with Gasteiger partial charge in [0.2, 0.25) is 0 Å². The quantitative estimate of drug-likeness (QED) is 0.225. The van der Waals surface area contributed by atoms with Crippen molar-refractivity contribution in [2.24, 2.45) is 0 Å². The Labute approximate surface area is 198 Å². The number of rotatable bonds is 1. The van der Waals surface area contributed by atoms with Crippen LogP contribution < -0.4 is 24.8 Å². The zero-order valence-corrected chi connectivity index (χ0v) is 23.4. The van der Waals surface area contributed by atoms with Crippen LogP contribution in [0, 0.1) is 0 Å². The minimum absolute atomic E-state index is 0. The molecule has 0 heterocycles. The molecule has 0 saturated heterocycles. The van der Waals surface area contributed by atoms with Gasteiger partial charge in [-0.15, -0.1) is 59.3 Å². The largest absolute Gasteiger partial charge is 4.00 e. The summed E-state index contributed by atoms with van der Waals surface area (Å²) in [6.07, 6.45) is 0. The fraction of sp³-hybridized carbons (Fsp3) is 0.182. The minimum atomic E-state index is -0.603. The molecular weight excluding hydrogens is 570 g/mol. The third kappa shape index (κ3) is 10.6. The predicted molar refractivity (Wildman–Crippen MR) is 114 cm³/mol. The van der Waals surface area contributed by atoms with Gasteiger partial charge in [-0.1, -0.05) is 38.3 Å². The molecule has 0 atom stereocenters. The van der Waals surface area contributed by atoms with Crippen LogP contribution in [-0.2, 0) is 25.8 Å². The summed E-state index contributed by atoms with van der Waals surface area (Å²) < 4.78 is 0. The summed E-state index contributed by atoms with van der Waals surface area (Å²) in [6, 6.07) is 29.3. The topological polar surface area (TPSA) is 0 Å². The van der Waals surface area contributed by atoms with E-state index in [1.54, 1.807) is 0 Å². The fourth-order valence-electron chi connectivity index (χ4n) is 2.14. The molecule has 0 N–H and O–H groups in total. The molecule has 5 heteroatoms. The molecule has 0 aliphatic carbocycles. The molecule has 0 amide bonds. The normalized spacial score (nSPS) is 9.48. The Morgan fingerprint density at radius 2 is 1.00 bits per heavy atom. The molecule has 0 fully saturated rings. The molecule has 140 valence electrons. The first-order chi connectivity index (χ1) is 11.5. The Morgan fingerprint density at radius 1 is 0.667 bits per heavy atom. The van der Waals surface area contributed by atoms with Gasteiger partial charge in [-0.2, -0.15) is 35.0 Å². The first kappa shape index (κ1) is 28.8. The average Bonchev–Trinajstić information content (AvgIpc) is 3.24. The SMILES string of the molecule is C[Si][Si](C)(C)C.[Cl-].[Cl-].[Hf+4].c1ccc2[cH-]ccc2c1.c1ccc2[cH-]ccc2c1. The molecule has 4 aromatic rings. The molecule has 0 spiro atoms. The Morgan fingerprint density at radius 3 is 1.30 bits per heavy atom. The van der Waals surface area contributed by atoms with Gasteiger partial charge in [0.1, 0.15) is 0 Å². The molecule has 0 aliphatic heterocycles. The summed E-state index contributed by atoms with van der Waals surface area (Å²) in [5.41, 5.74) is 0. The van der Waals surface area contributed by atoms with Crippen molar-refractivity contribution >= 4 is 38.2 Å². The van der Waals surface area contributed by atoms with Crippen molar-refractivity contribution in [1.82, 2.24) is 0 Å². The van der Waals surface area contributed by atoms with Gasteiger partial charge in [0.05, 0.1) is 0 Å². The van der Waals surface area contributed by atoms with Crippen molar-refractivity contribution in [2.75, 3.05) is 0 Å². The third-order valence-electron chi connectivity index (χ3n) is 3.85. The van der Waals surface area contributed by atoms with Gasteiger partial charge >= 0.3 is 25.8 Å². The van der Waals surface area contributed by atoms with Gasteiger partial charge in [0.25, 0.3) is 0 Å². The van der Waals surface area contributed by atoms with Crippen molar-refractivity contribution in [3.63, 3.8) is 0 Å². The van der Waals surface area contributed by atoms with Crippen molar-refractivity contribution in [3.05, 3.63) is 84.9 Å². The zero-order chi connectivity index (χ0) is 17.4. The van der Waals surface area contributed by atoms with Crippen LogP contribution in [-0.4, -0.2) is 16.6 Å². The first-order valence-electron chi connectivity index (χ1n) is 8.39. The van der Waals surface area contributed by atoms with E-state index in [1.807, 2.05) is 0 Å². The van der Waals surface area contributed by atoms with Crippen LogP contribution in [0.3, 0.4) is 0 Å². The molecule has 0 bridgehead atoms. The molecule has 27 heavy (non-hydrogen) atoms. The number of hydrogen-bond donors (Lipinski definition) is 0. The van der Waals surface area contributed by atoms with Crippen LogP contribution in [0.15, 0.2) is 84.9 Å². The van der Waals surface area contributed by atoms with Gasteiger partial charge in [-0.05, 0) is 0 Å². The van der Waals surface area contributed by atoms with Crippen molar-refractivity contribution in [2.45, 2.75) is 26.2 Å². The average molecular weight is 596 g/mol. The van der Waals surface area contributed by atoms with Crippen LogP contribution in [0.4, 0.5) is 0 Å². The van der Waals surface area contributed by atoms with Crippen LogP contribution in [0.2, 0.25) is 26.2 Å². The molecule has 4 aromatic carbocycles. The third-order valence-corrected chi connectivity index (χ3v) is 9.85. The summed E-state index contributed by atoms with van der Waals surface area (Å²) in [6.45, 7) is 9.48. The summed E-state index contributed by atoms with van der Waals surface area (Å²) in [5.74, 6) is 0. The first-order valence-corrected chi connectivity index (χ1v) is 14.4. The maximum absolute atomic E-state index is 2.39. The van der Waals surface area contributed by atoms with Crippen LogP contribution in [0.25, 0.3) is 21.5 Å². The van der Waals surface area contributed by atoms with Gasteiger partial charge in [0, 0.05) is 16.6 Å². The summed E-state index contributed by atoms with van der Waals surface area (Å²) in [5, 5.41) is 5.32. The van der Waals surface area contributed by atoms with Crippen LogP contribution in [0.1, 0.15) is 0 Å². The molecule has 0 nitrogen and oxygen atoms in total. The smallest absolute Gasteiger partial charge is 1.00 e. The number of benzene rings is 2. The number of hydrogen-bond acceptors (Lipinski definition) is 0. The van der Waals surface area contributed by atoms with Gasteiger partial charge in [-0.25, -0.2) is 0 Å². The fourth-order valence-corrected chi connectivity index (χ4v) is 2.14. The molecule has 0 aliphatic rings. The van der Waals surface area contributed by atoms with Gasteiger partial charge < -0.3 is 24.8 Å². The number of fused-ring (bicyclic) bond motifs is 2. The summed E-state index contributed by atoms with van der Waals surface area (Å²) >= 11 is 0. The minimum Gasteiger partial charge on any atom is -1.00 e. The predicted octanol–water partition coefficient (Wildman–Crippen LogP) is 0.697. The zero-order valence-electron chi connectivity index (χ0n) is 16.3. The van der Waals surface area contributed by atoms with E-state index >= 15 is 0 Å². The van der Waals surface area contributed by atoms with E-state index in [9.17, 15) is 0 Å². The molecule has 2 radical (unpaired) electrons. The van der Waals surface area contributed by atoms with E-state index in [0.717, 1.165) is 0 Å². The maximum Gasteiger partial charge on any atom is 4.00 e. The maximum atomic E-state index is 2.39. The molecule has 0 aromatic heterocycles. The Bertz CT molecular complexity index is 737. The van der Waals surface area contributed by atoms with E-state index in [1.165, 1.54) is 30.6 Å². The second-order valence-corrected chi connectivity index (χ2v) is 17.8.